The predicted molar refractivity (Wildman–Crippen MR) is 78.2 cm³/mol. The molecule has 2 aromatic rings. The van der Waals surface area contributed by atoms with Crippen LogP contribution in [-0.4, -0.2) is 29.7 Å². The number of anilines is 1. The molecule has 7 nitrogen and oxygen atoms in total. The number of carbonyl (C=O) groups is 1. The highest BCUT2D eigenvalue weighted by molar-refractivity contribution is 7.93. The van der Waals surface area contributed by atoms with Gasteiger partial charge in [0.1, 0.15) is 5.01 Å². The average Bonchev–Trinajstić information content (AvgIpc) is 2.85. The van der Waals surface area contributed by atoms with E-state index < -0.39 is 16.0 Å². The lowest BCUT2D eigenvalue weighted by atomic mass is 10.1. The van der Waals surface area contributed by atoms with Crippen LogP contribution in [0.4, 0.5) is 5.13 Å². The molecular weight excluding hydrogens is 314 g/mol. The Morgan fingerprint density at radius 3 is 2.67 bits per heavy atom. The zero-order valence-electron chi connectivity index (χ0n) is 11.3. The van der Waals surface area contributed by atoms with E-state index in [2.05, 4.69) is 14.9 Å². The molecule has 2 rings (SSSR count). The zero-order chi connectivity index (χ0) is 15.6. The number of benzene rings is 1. The third kappa shape index (κ3) is 3.37. The number of sulfonamides is 1. The van der Waals surface area contributed by atoms with Gasteiger partial charge >= 0.3 is 5.97 Å². The first kappa shape index (κ1) is 15.4. The first-order valence-electron chi connectivity index (χ1n) is 6.02. The number of aryl methyl sites for hydroxylation is 2. The molecule has 0 fully saturated rings. The lowest BCUT2D eigenvalue weighted by Gasteiger charge is -2.08. The Kier molecular flexibility index (Phi) is 4.24. The molecule has 0 saturated heterocycles. The second-order valence-corrected chi connectivity index (χ2v) is 6.96. The molecule has 0 aliphatic carbocycles. The monoisotopic (exact) mass is 327 g/mol. The largest absolute Gasteiger partial charge is 0.478 e. The van der Waals surface area contributed by atoms with Gasteiger partial charge in [-0.15, -0.1) is 10.2 Å². The third-order valence-electron chi connectivity index (χ3n) is 2.72. The van der Waals surface area contributed by atoms with Gasteiger partial charge in [0.15, 0.2) is 0 Å². The predicted octanol–water partition coefficient (Wildman–Crippen LogP) is 1.91. The van der Waals surface area contributed by atoms with Crippen molar-refractivity contribution >= 4 is 32.5 Å². The van der Waals surface area contributed by atoms with Crippen LogP contribution in [0.15, 0.2) is 23.1 Å². The average molecular weight is 327 g/mol. The van der Waals surface area contributed by atoms with Crippen molar-refractivity contribution in [2.24, 2.45) is 0 Å². The SMILES string of the molecule is CCc1nnc(NS(=O)(=O)c2cc(C(=O)O)ccc2C)s1. The van der Waals surface area contributed by atoms with Crippen LogP contribution in [-0.2, 0) is 16.4 Å². The van der Waals surface area contributed by atoms with Crippen LogP contribution in [0.5, 0.6) is 0 Å². The van der Waals surface area contributed by atoms with Crippen LogP contribution >= 0.6 is 11.3 Å². The minimum atomic E-state index is -3.90. The van der Waals surface area contributed by atoms with E-state index in [-0.39, 0.29) is 15.6 Å². The van der Waals surface area contributed by atoms with Crippen molar-refractivity contribution in [1.29, 1.82) is 0 Å². The Morgan fingerprint density at radius 1 is 1.38 bits per heavy atom. The normalized spacial score (nSPS) is 11.3. The Balaban J connectivity index is 2.39. The molecule has 0 amide bonds. The summed E-state index contributed by atoms with van der Waals surface area (Å²) in [5, 5.41) is 17.4. The minimum Gasteiger partial charge on any atom is -0.478 e. The van der Waals surface area contributed by atoms with Gasteiger partial charge in [0, 0.05) is 0 Å². The summed E-state index contributed by atoms with van der Waals surface area (Å²) in [6.45, 7) is 3.48. The quantitative estimate of drug-likeness (QED) is 0.868. The number of carboxylic acid groups (broad SMARTS) is 1. The molecule has 0 saturated carbocycles. The summed E-state index contributed by atoms with van der Waals surface area (Å²) in [5.41, 5.74) is 0.361. The molecule has 2 N–H and O–H groups in total. The molecule has 0 unspecified atom stereocenters. The van der Waals surface area contributed by atoms with Crippen molar-refractivity contribution in [3.05, 3.63) is 34.3 Å². The molecule has 0 radical (unpaired) electrons. The van der Waals surface area contributed by atoms with Crippen molar-refractivity contribution < 1.29 is 18.3 Å². The minimum absolute atomic E-state index is 0.0874. The zero-order valence-corrected chi connectivity index (χ0v) is 13.0. The first-order chi connectivity index (χ1) is 9.83. The van der Waals surface area contributed by atoms with Crippen molar-refractivity contribution in [3.63, 3.8) is 0 Å². The van der Waals surface area contributed by atoms with Crippen LogP contribution in [0.1, 0.15) is 27.9 Å². The van der Waals surface area contributed by atoms with Gasteiger partial charge in [-0.3, -0.25) is 4.72 Å². The van der Waals surface area contributed by atoms with Gasteiger partial charge in [0.25, 0.3) is 10.0 Å². The van der Waals surface area contributed by atoms with Gasteiger partial charge in [0.05, 0.1) is 10.5 Å². The lowest BCUT2D eigenvalue weighted by Crippen LogP contribution is -2.15. The molecule has 0 aliphatic heterocycles. The van der Waals surface area contributed by atoms with E-state index in [0.29, 0.717) is 17.0 Å². The van der Waals surface area contributed by atoms with Crippen molar-refractivity contribution in [2.45, 2.75) is 25.2 Å². The maximum absolute atomic E-state index is 12.3. The number of carboxylic acids is 1. The number of aromatic nitrogens is 2. The summed E-state index contributed by atoms with van der Waals surface area (Å²) in [6.07, 6.45) is 0.660. The molecule has 0 spiro atoms. The summed E-state index contributed by atoms with van der Waals surface area (Å²) >= 11 is 1.14. The Labute approximate surface area is 125 Å². The van der Waals surface area contributed by atoms with E-state index >= 15 is 0 Å². The third-order valence-corrected chi connectivity index (χ3v) is 5.31. The molecule has 112 valence electrons. The molecule has 0 bridgehead atoms. The van der Waals surface area contributed by atoms with Gasteiger partial charge in [-0.25, -0.2) is 13.2 Å². The van der Waals surface area contributed by atoms with Crippen molar-refractivity contribution in [3.8, 4) is 0 Å². The van der Waals surface area contributed by atoms with E-state index in [9.17, 15) is 13.2 Å². The summed E-state index contributed by atoms with van der Waals surface area (Å²) in [4.78, 5) is 10.9. The van der Waals surface area contributed by atoms with Crippen LogP contribution in [0.2, 0.25) is 0 Å². The van der Waals surface area contributed by atoms with Gasteiger partial charge in [0.2, 0.25) is 5.13 Å². The molecule has 1 heterocycles. The second kappa shape index (κ2) is 5.78. The van der Waals surface area contributed by atoms with Gasteiger partial charge < -0.3 is 5.11 Å². The lowest BCUT2D eigenvalue weighted by molar-refractivity contribution is 0.0696. The fraction of sp³-hybridized carbons (Fsp3) is 0.250. The maximum atomic E-state index is 12.3. The van der Waals surface area contributed by atoms with Crippen molar-refractivity contribution in [1.82, 2.24) is 10.2 Å². The van der Waals surface area contributed by atoms with E-state index in [1.54, 1.807) is 6.92 Å². The molecule has 21 heavy (non-hydrogen) atoms. The molecular formula is C12H13N3O4S2. The number of nitrogens with one attached hydrogen (secondary N) is 1. The highest BCUT2D eigenvalue weighted by Crippen LogP contribution is 2.23. The van der Waals surface area contributed by atoms with Gasteiger partial charge in [-0.1, -0.05) is 24.3 Å². The Hall–Kier alpha value is -2.00. The van der Waals surface area contributed by atoms with Gasteiger partial charge in [-0.2, -0.15) is 0 Å². The number of nitrogens with zero attached hydrogens (tertiary/aromatic N) is 2. The van der Waals surface area contributed by atoms with Crippen LogP contribution in [0.25, 0.3) is 0 Å². The smallest absolute Gasteiger partial charge is 0.335 e. The Bertz CT molecular complexity index is 784. The van der Waals surface area contributed by atoms with E-state index in [1.165, 1.54) is 12.1 Å². The molecule has 0 atom stereocenters. The maximum Gasteiger partial charge on any atom is 0.335 e. The van der Waals surface area contributed by atoms with Gasteiger partial charge in [-0.05, 0) is 31.0 Å². The standard InChI is InChI=1S/C12H13N3O4S2/c1-3-10-13-14-12(20-10)15-21(18,19)9-6-8(11(16)17)5-4-7(9)2/h4-6H,3H2,1-2H3,(H,14,15)(H,16,17). The highest BCUT2D eigenvalue weighted by Gasteiger charge is 2.20. The molecule has 1 aromatic carbocycles. The highest BCUT2D eigenvalue weighted by atomic mass is 32.2. The fourth-order valence-electron chi connectivity index (χ4n) is 1.63. The van der Waals surface area contributed by atoms with E-state index in [4.69, 9.17) is 5.11 Å². The van der Waals surface area contributed by atoms with E-state index in [0.717, 1.165) is 17.4 Å². The second-order valence-electron chi connectivity index (χ2n) is 4.25. The number of hydrogen-bond donors (Lipinski definition) is 2. The Morgan fingerprint density at radius 2 is 2.10 bits per heavy atom. The van der Waals surface area contributed by atoms with Crippen LogP contribution in [0.3, 0.4) is 0 Å². The molecule has 9 heteroatoms. The fourth-order valence-corrected chi connectivity index (χ4v) is 3.81. The number of aromatic carboxylic acids is 1. The molecule has 0 aliphatic rings. The summed E-state index contributed by atoms with van der Waals surface area (Å²) in [6, 6.07) is 3.94. The summed E-state index contributed by atoms with van der Waals surface area (Å²) in [7, 11) is -3.90. The number of hydrogen-bond acceptors (Lipinski definition) is 6. The van der Waals surface area contributed by atoms with E-state index in [1.807, 2.05) is 6.92 Å². The van der Waals surface area contributed by atoms with Crippen LogP contribution < -0.4 is 4.72 Å². The first-order valence-corrected chi connectivity index (χ1v) is 8.32. The van der Waals surface area contributed by atoms with Crippen LogP contribution in [0, 0.1) is 6.92 Å². The topological polar surface area (TPSA) is 109 Å². The number of rotatable bonds is 5. The van der Waals surface area contributed by atoms with Crippen molar-refractivity contribution in [2.75, 3.05) is 4.72 Å². The summed E-state index contributed by atoms with van der Waals surface area (Å²) in [5.74, 6) is -1.18. The summed E-state index contributed by atoms with van der Waals surface area (Å²) < 4.78 is 27.0. The molecule has 1 aromatic heterocycles.